The van der Waals surface area contributed by atoms with E-state index in [2.05, 4.69) is 10.3 Å². The maximum atomic E-state index is 13.2. The molecule has 1 aromatic heterocycles. The Kier molecular flexibility index (Phi) is 7.38. The SMILES string of the molecule is COc1ccc([C@H](CC(=O)NCc2cccnc2)N(C)S(=O)(=O)c2ccccc2)cc1. The lowest BCUT2D eigenvalue weighted by atomic mass is 10.0. The second-order valence-electron chi connectivity index (χ2n) is 6.97. The number of rotatable bonds is 9. The van der Waals surface area contributed by atoms with Crippen LogP contribution < -0.4 is 10.1 Å². The van der Waals surface area contributed by atoms with Crippen molar-refractivity contribution in [3.63, 3.8) is 0 Å². The molecule has 3 rings (SSSR count). The van der Waals surface area contributed by atoms with Gasteiger partial charge in [-0.05, 0) is 41.5 Å². The number of nitrogens with zero attached hydrogens (tertiary/aromatic N) is 2. The highest BCUT2D eigenvalue weighted by molar-refractivity contribution is 7.89. The Bertz CT molecular complexity index is 1090. The van der Waals surface area contributed by atoms with Crippen molar-refractivity contribution < 1.29 is 17.9 Å². The lowest BCUT2D eigenvalue weighted by molar-refractivity contribution is -0.122. The van der Waals surface area contributed by atoms with Gasteiger partial charge in [-0.25, -0.2) is 8.42 Å². The van der Waals surface area contributed by atoms with Crippen LogP contribution in [0.15, 0.2) is 84.0 Å². The second-order valence-corrected chi connectivity index (χ2v) is 8.96. The Balaban J connectivity index is 1.84. The van der Waals surface area contributed by atoms with Gasteiger partial charge in [0.1, 0.15) is 5.75 Å². The Morgan fingerprint density at radius 3 is 2.39 bits per heavy atom. The van der Waals surface area contributed by atoms with Crippen LogP contribution in [0.2, 0.25) is 0 Å². The molecule has 1 amide bonds. The molecule has 162 valence electrons. The number of amides is 1. The van der Waals surface area contributed by atoms with E-state index >= 15 is 0 Å². The second kappa shape index (κ2) is 10.2. The fourth-order valence-corrected chi connectivity index (χ4v) is 4.52. The molecule has 0 radical (unpaired) electrons. The molecule has 0 bridgehead atoms. The lowest BCUT2D eigenvalue weighted by Gasteiger charge is -2.28. The molecule has 0 saturated heterocycles. The van der Waals surface area contributed by atoms with Gasteiger partial charge >= 0.3 is 0 Å². The molecule has 3 aromatic rings. The number of sulfonamides is 1. The first-order chi connectivity index (χ1) is 14.9. The summed E-state index contributed by atoms with van der Waals surface area (Å²) < 4.78 is 32.8. The number of ether oxygens (including phenoxy) is 1. The van der Waals surface area contributed by atoms with Crippen molar-refractivity contribution in [2.75, 3.05) is 14.2 Å². The molecule has 0 aliphatic heterocycles. The molecule has 0 aliphatic rings. The summed E-state index contributed by atoms with van der Waals surface area (Å²) in [6.45, 7) is 0.317. The average molecular weight is 440 g/mol. The molecule has 0 unspecified atom stereocenters. The van der Waals surface area contributed by atoms with Crippen LogP contribution in [0.4, 0.5) is 0 Å². The van der Waals surface area contributed by atoms with E-state index in [1.54, 1.807) is 80.2 Å². The van der Waals surface area contributed by atoms with Crippen molar-refractivity contribution >= 4 is 15.9 Å². The number of nitrogens with one attached hydrogen (secondary N) is 1. The monoisotopic (exact) mass is 439 g/mol. The number of carbonyl (C=O) groups is 1. The van der Waals surface area contributed by atoms with E-state index in [4.69, 9.17) is 4.74 Å². The first-order valence-electron chi connectivity index (χ1n) is 9.74. The molecule has 8 heteroatoms. The zero-order valence-corrected chi connectivity index (χ0v) is 18.2. The number of hydrogen-bond donors (Lipinski definition) is 1. The predicted molar refractivity (Wildman–Crippen MR) is 118 cm³/mol. The summed E-state index contributed by atoms with van der Waals surface area (Å²) in [7, 11) is -0.751. The summed E-state index contributed by atoms with van der Waals surface area (Å²) in [5, 5.41) is 2.84. The van der Waals surface area contributed by atoms with Crippen LogP contribution in [0, 0.1) is 0 Å². The van der Waals surface area contributed by atoms with Crippen molar-refractivity contribution in [1.82, 2.24) is 14.6 Å². The normalized spacial score (nSPS) is 12.4. The minimum atomic E-state index is -3.80. The fourth-order valence-electron chi connectivity index (χ4n) is 3.16. The van der Waals surface area contributed by atoms with Gasteiger partial charge in [0.2, 0.25) is 15.9 Å². The van der Waals surface area contributed by atoms with Crippen LogP contribution in [0.25, 0.3) is 0 Å². The summed E-state index contributed by atoms with van der Waals surface area (Å²) in [5.74, 6) is 0.386. The van der Waals surface area contributed by atoms with Gasteiger partial charge in [0.25, 0.3) is 0 Å². The molecule has 0 fully saturated rings. The molecular formula is C23H25N3O4S. The maximum Gasteiger partial charge on any atom is 0.243 e. The minimum Gasteiger partial charge on any atom is -0.497 e. The van der Waals surface area contributed by atoms with E-state index < -0.39 is 16.1 Å². The van der Waals surface area contributed by atoms with Crippen molar-refractivity contribution in [3.05, 3.63) is 90.3 Å². The van der Waals surface area contributed by atoms with Gasteiger partial charge < -0.3 is 10.1 Å². The highest BCUT2D eigenvalue weighted by atomic mass is 32.2. The van der Waals surface area contributed by atoms with Crippen molar-refractivity contribution in [3.8, 4) is 5.75 Å². The topological polar surface area (TPSA) is 88.6 Å². The molecule has 1 atom stereocenters. The van der Waals surface area contributed by atoms with Gasteiger partial charge in [-0.1, -0.05) is 36.4 Å². The quantitative estimate of drug-likeness (QED) is 0.553. The van der Waals surface area contributed by atoms with Crippen molar-refractivity contribution in [2.24, 2.45) is 0 Å². The van der Waals surface area contributed by atoms with E-state index in [0.717, 1.165) is 5.56 Å². The number of aromatic nitrogens is 1. The highest BCUT2D eigenvalue weighted by Crippen LogP contribution is 2.30. The summed E-state index contributed by atoms with van der Waals surface area (Å²) in [6.07, 6.45) is 3.30. The number of methoxy groups -OCH3 is 1. The molecule has 31 heavy (non-hydrogen) atoms. The zero-order chi connectivity index (χ0) is 22.3. The standard InChI is InChI=1S/C23H25N3O4S/c1-26(31(28,29)21-8-4-3-5-9-21)22(19-10-12-20(30-2)13-11-19)15-23(27)25-17-18-7-6-14-24-16-18/h3-14,16,22H,15,17H2,1-2H3,(H,25,27)/t22-/m0/s1. The molecule has 7 nitrogen and oxygen atoms in total. The third kappa shape index (κ3) is 5.68. The molecule has 1 N–H and O–H groups in total. The smallest absolute Gasteiger partial charge is 0.243 e. The third-order valence-corrected chi connectivity index (χ3v) is 6.83. The van der Waals surface area contributed by atoms with Gasteiger partial charge in [-0.3, -0.25) is 9.78 Å². The van der Waals surface area contributed by atoms with Crippen LogP contribution in [-0.2, 0) is 21.4 Å². The van der Waals surface area contributed by atoms with E-state index in [1.165, 1.54) is 11.4 Å². The average Bonchev–Trinajstić information content (AvgIpc) is 2.82. The Morgan fingerprint density at radius 1 is 1.06 bits per heavy atom. The number of carbonyl (C=O) groups excluding carboxylic acids is 1. The third-order valence-electron chi connectivity index (χ3n) is 4.95. The summed E-state index contributed by atoms with van der Waals surface area (Å²) in [6, 6.07) is 18.2. The van der Waals surface area contributed by atoms with Crippen LogP contribution in [0.3, 0.4) is 0 Å². The van der Waals surface area contributed by atoms with E-state index in [-0.39, 0.29) is 17.2 Å². The van der Waals surface area contributed by atoms with Gasteiger partial charge in [-0.15, -0.1) is 0 Å². The van der Waals surface area contributed by atoms with Crippen LogP contribution >= 0.6 is 0 Å². The van der Waals surface area contributed by atoms with Gasteiger partial charge in [0.05, 0.1) is 18.0 Å². The molecular weight excluding hydrogens is 414 g/mol. The Morgan fingerprint density at radius 2 is 1.77 bits per heavy atom. The highest BCUT2D eigenvalue weighted by Gasteiger charge is 2.30. The Hall–Kier alpha value is -3.23. The molecule has 0 aliphatic carbocycles. The van der Waals surface area contributed by atoms with Gasteiger partial charge in [-0.2, -0.15) is 4.31 Å². The van der Waals surface area contributed by atoms with E-state index in [1.807, 2.05) is 6.07 Å². The zero-order valence-electron chi connectivity index (χ0n) is 17.4. The predicted octanol–water partition coefficient (Wildman–Crippen LogP) is 3.16. The van der Waals surface area contributed by atoms with Crippen LogP contribution in [-0.4, -0.2) is 37.8 Å². The summed E-state index contributed by atoms with van der Waals surface area (Å²) in [4.78, 5) is 16.9. The van der Waals surface area contributed by atoms with Crippen molar-refractivity contribution in [2.45, 2.75) is 23.9 Å². The van der Waals surface area contributed by atoms with E-state index in [9.17, 15) is 13.2 Å². The summed E-state index contributed by atoms with van der Waals surface area (Å²) in [5.41, 5.74) is 1.56. The molecule has 0 spiro atoms. The Labute approximate surface area is 182 Å². The van der Waals surface area contributed by atoms with Crippen LogP contribution in [0.1, 0.15) is 23.6 Å². The molecule has 2 aromatic carbocycles. The molecule has 0 saturated carbocycles. The maximum absolute atomic E-state index is 13.2. The lowest BCUT2D eigenvalue weighted by Crippen LogP contribution is -2.35. The number of pyridine rings is 1. The fraction of sp³-hybridized carbons (Fsp3) is 0.217. The van der Waals surface area contributed by atoms with Gasteiger partial charge in [0.15, 0.2) is 0 Å². The van der Waals surface area contributed by atoms with Crippen LogP contribution in [0.5, 0.6) is 5.75 Å². The van der Waals surface area contributed by atoms with Gasteiger partial charge in [0, 0.05) is 32.4 Å². The first-order valence-corrected chi connectivity index (χ1v) is 11.2. The first kappa shape index (κ1) is 22.5. The molecule has 1 heterocycles. The number of hydrogen-bond acceptors (Lipinski definition) is 5. The summed E-state index contributed by atoms with van der Waals surface area (Å²) >= 11 is 0. The van der Waals surface area contributed by atoms with E-state index in [0.29, 0.717) is 17.9 Å². The number of benzene rings is 2. The largest absolute Gasteiger partial charge is 0.497 e. The minimum absolute atomic E-state index is 0.0326. The van der Waals surface area contributed by atoms with Crippen molar-refractivity contribution in [1.29, 1.82) is 0 Å².